The summed E-state index contributed by atoms with van der Waals surface area (Å²) in [6.07, 6.45) is 4.19. The topological polar surface area (TPSA) is 88.2 Å². The summed E-state index contributed by atoms with van der Waals surface area (Å²) in [5.74, 6) is 0.982. The highest BCUT2D eigenvalue weighted by molar-refractivity contribution is 7.92. The second kappa shape index (κ2) is 9.68. The van der Waals surface area contributed by atoms with Crippen molar-refractivity contribution < 1.29 is 22.7 Å². The molecule has 0 spiro atoms. The number of carbonyl (C=O) groups excluding carboxylic acids is 1. The molecule has 1 fully saturated rings. The second-order valence-corrected chi connectivity index (χ2v) is 9.96. The van der Waals surface area contributed by atoms with E-state index < -0.39 is 10.0 Å². The lowest BCUT2D eigenvalue weighted by molar-refractivity contribution is -0.116. The van der Waals surface area contributed by atoms with E-state index in [-0.39, 0.29) is 18.9 Å². The minimum absolute atomic E-state index is 0.144. The van der Waals surface area contributed by atoms with E-state index >= 15 is 0 Å². The Morgan fingerprint density at radius 2 is 1.72 bits per heavy atom. The van der Waals surface area contributed by atoms with Gasteiger partial charge in [-0.15, -0.1) is 0 Å². The zero-order valence-electron chi connectivity index (χ0n) is 18.2. The van der Waals surface area contributed by atoms with E-state index in [9.17, 15) is 13.2 Å². The third-order valence-electron chi connectivity index (χ3n) is 5.60. The van der Waals surface area contributed by atoms with Crippen LogP contribution in [0.2, 0.25) is 0 Å². The average Bonchev–Trinajstić information content (AvgIpc) is 3.31. The monoisotopic (exact) mass is 459 g/mol. The second-order valence-electron chi connectivity index (χ2n) is 8.06. The van der Waals surface area contributed by atoms with Gasteiger partial charge in [-0.1, -0.05) is 0 Å². The van der Waals surface area contributed by atoms with Gasteiger partial charge in [0.25, 0.3) is 0 Å². The van der Waals surface area contributed by atoms with Gasteiger partial charge in [0.15, 0.2) is 11.5 Å². The molecule has 0 radical (unpaired) electrons. The lowest BCUT2D eigenvalue weighted by Gasteiger charge is -2.25. The molecule has 1 saturated heterocycles. The van der Waals surface area contributed by atoms with Crippen LogP contribution in [0, 0.1) is 0 Å². The Hall–Kier alpha value is -2.94. The first-order valence-corrected chi connectivity index (χ1v) is 12.8. The summed E-state index contributed by atoms with van der Waals surface area (Å²) >= 11 is 0. The Bertz CT molecular complexity index is 1050. The molecule has 2 aliphatic rings. The molecule has 1 amide bonds. The zero-order valence-corrected chi connectivity index (χ0v) is 19.1. The Kier molecular flexibility index (Phi) is 6.74. The maximum Gasteiger partial charge on any atom is 0.232 e. The molecule has 2 heterocycles. The number of anilines is 3. The predicted octanol–water partition coefficient (Wildman–Crippen LogP) is 3.24. The molecular formula is C23H29N3O5S. The third kappa shape index (κ3) is 5.45. The van der Waals surface area contributed by atoms with E-state index in [0.29, 0.717) is 36.8 Å². The van der Waals surface area contributed by atoms with Crippen molar-refractivity contribution in [2.45, 2.75) is 25.7 Å². The van der Waals surface area contributed by atoms with E-state index in [2.05, 4.69) is 10.2 Å². The van der Waals surface area contributed by atoms with Gasteiger partial charge in [0, 0.05) is 43.5 Å². The summed E-state index contributed by atoms with van der Waals surface area (Å²) < 4.78 is 37.1. The van der Waals surface area contributed by atoms with Crippen LogP contribution in [0.25, 0.3) is 0 Å². The number of hydrogen-bond donors (Lipinski definition) is 1. The molecule has 1 N–H and O–H groups in total. The van der Waals surface area contributed by atoms with Crippen LogP contribution in [0.3, 0.4) is 0 Å². The molecule has 0 atom stereocenters. The first-order valence-electron chi connectivity index (χ1n) is 10.9. The smallest absolute Gasteiger partial charge is 0.232 e. The molecule has 2 aromatic carbocycles. The fraction of sp³-hybridized carbons (Fsp3) is 0.435. The number of sulfonamides is 1. The van der Waals surface area contributed by atoms with Crippen LogP contribution in [0.5, 0.6) is 11.5 Å². The number of carbonyl (C=O) groups is 1. The summed E-state index contributed by atoms with van der Waals surface area (Å²) in [6, 6.07) is 12.9. The summed E-state index contributed by atoms with van der Waals surface area (Å²) in [5, 5.41) is 2.89. The lowest BCUT2D eigenvalue weighted by atomic mass is 10.2. The molecule has 172 valence electrons. The number of fused-ring (bicyclic) bond motifs is 1. The number of nitrogens with one attached hydrogen (secondary N) is 1. The number of hydrogen-bond acceptors (Lipinski definition) is 6. The fourth-order valence-corrected chi connectivity index (χ4v) is 4.97. The van der Waals surface area contributed by atoms with Crippen molar-refractivity contribution in [2.75, 3.05) is 53.6 Å². The van der Waals surface area contributed by atoms with Gasteiger partial charge in [-0.3, -0.25) is 9.10 Å². The van der Waals surface area contributed by atoms with Crippen molar-refractivity contribution in [3.63, 3.8) is 0 Å². The highest BCUT2D eigenvalue weighted by Crippen LogP contribution is 2.34. The van der Waals surface area contributed by atoms with E-state index in [0.717, 1.165) is 25.0 Å². The molecule has 8 nitrogen and oxygen atoms in total. The standard InChI is InChI=1S/C23H29N3O5S/c1-32(28,29)26(20-10-11-21-22(17-20)31-16-15-30-21)14-4-5-23(27)24-18-6-8-19(9-7-18)25-12-2-3-13-25/h6-11,17H,2-5,12-16H2,1H3,(H,24,27). The van der Waals surface area contributed by atoms with Gasteiger partial charge < -0.3 is 19.7 Å². The van der Waals surface area contributed by atoms with E-state index in [1.54, 1.807) is 18.2 Å². The van der Waals surface area contributed by atoms with Crippen LogP contribution in [-0.4, -0.2) is 53.4 Å². The molecule has 4 rings (SSSR count). The number of ether oxygens (including phenoxy) is 2. The first-order chi connectivity index (χ1) is 15.4. The normalized spacial score (nSPS) is 15.5. The van der Waals surface area contributed by atoms with E-state index in [4.69, 9.17) is 9.47 Å². The Morgan fingerprint density at radius 3 is 2.41 bits per heavy atom. The summed E-state index contributed by atoms with van der Waals surface area (Å²) in [4.78, 5) is 14.7. The maximum absolute atomic E-state index is 12.4. The molecule has 0 unspecified atom stereocenters. The molecular weight excluding hydrogens is 430 g/mol. The summed E-state index contributed by atoms with van der Waals surface area (Å²) in [6.45, 7) is 3.24. The van der Waals surface area contributed by atoms with Crippen LogP contribution in [0.15, 0.2) is 42.5 Å². The van der Waals surface area contributed by atoms with Gasteiger partial charge >= 0.3 is 0 Å². The fourth-order valence-electron chi connectivity index (χ4n) is 4.01. The number of amides is 1. The van der Waals surface area contributed by atoms with Crippen LogP contribution in [0.4, 0.5) is 17.1 Å². The first kappa shape index (κ1) is 22.3. The molecule has 2 aromatic rings. The minimum Gasteiger partial charge on any atom is -0.486 e. The molecule has 32 heavy (non-hydrogen) atoms. The maximum atomic E-state index is 12.4. The SMILES string of the molecule is CS(=O)(=O)N(CCCC(=O)Nc1ccc(N2CCCC2)cc1)c1ccc2c(c1)OCCO2. The molecule has 9 heteroatoms. The van der Waals surface area contributed by atoms with Crippen molar-refractivity contribution in [1.29, 1.82) is 0 Å². The van der Waals surface area contributed by atoms with Gasteiger partial charge in [0.2, 0.25) is 15.9 Å². The van der Waals surface area contributed by atoms with Crippen molar-refractivity contribution in [2.24, 2.45) is 0 Å². The molecule has 2 aliphatic heterocycles. The van der Waals surface area contributed by atoms with Crippen molar-refractivity contribution >= 4 is 33.0 Å². The Labute approximate surface area is 189 Å². The molecule has 0 bridgehead atoms. The van der Waals surface area contributed by atoms with Crippen LogP contribution < -0.4 is 24.0 Å². The number of nitrogens with zero attached hydrogens (tertiary/aromatic N) is 2. The third-order valence-corrected chi connectivity index (χ3v) is 6.80. The number of benzene rings is 2. The lowest BCUT2D eigenvalue weighted by Crippen LogP contribution is -2.31. The highest BCUT2D eigenvalue weighted by Gasteiger charge is 2.21. The molecule has 0 aromatic heterocycles. The van der Waals surface area contributed by atoms with Crippen LogP contribution in [0.1, 0.15) is 25.7 Å². The van der Waals surface area contributed by atoms with Gasteiger partial charge in [-0.2, -0.15) is 0 Å². The van der Waals surface area contributed by atoms with E-state index in [1.165, 1.54) is 22.8 Å². The van der Waals surface area contributed by atoms with Crippen LogP contribution in [-0.2, 0) is 14.8 Å². The average molecular weight is 460 g/mol. The van der Waals surface area contributed by atoms with Crippen molar-refractivity contribution in [3.05, 3.63) is 42.5 Å². The Morgan fingerprint density at radius 1 is 1.03 bits per heavy atom. The molecule has 0 saturated carbocycles. The Balaban J connectivity index is 1.32. The van der Waals surface area contributed by atoms with Gasteiger partial charge in [0.05, 0.1) is 11.9 Å². The largest absolute Gasteiger partial charge is 0.486 e. The number of rotatable bonds is 8. The predicted molar refractivity (Wildman–Crippen MR) is 125 cm³/mol. The van der Waals surface area contributed by atoms with Gasteiger partial charge in [-0.05, 0) is 55.7 Å². The van der Waals surface area contributed by atoms with Gasteiger partial charge in [0.1, 0.15) is 13.2 Å². The van der Waals surface area contributed by atoms with Crippen molar-refractivity contribution in [3.8, 4) is 11.5 Å². The summed E-state index contributed by atoms with van der Waals surface area (Å²) in [7, 11) is -3.51. The highest BCUT2D eigenvalue weighted by atomic mass is 32.2. The zero-order chi connectivity index (χ0) is 22.6. The van der Waals surface area contributed by atoms with Crippen LogP contribution >= 0.6 is 0 Å². The van der Waals surface area contributed by atoms with Crippen molar-refractivity contribution in [1.82, 2.24) is 0 Å². The minimum atomic E-state index is -3.51. The summed E-state index contributed by atoms with van der Waals surface area (Å²) in [5.41, 5.74) is 2.41. The van der Waals surface area contributed by atoms with Gasteiger partial charge in [-0.25, -0.2) is 8.42 Å². The molecule has 0 aliphatic carbocycles. The van der Waals surface area contributed by atoms with E-state index in [1.807, 2.05) is 24.3 Å². The quantitative estimate of drug-likeness (QED) is 0.652.